The molecule has 1 atom stereocenters. The Kier molecular flexibility index (Phi) is 8.03. The number of pyridine rings is 2. The summed E-state index contributed by atoms with van der Waals surface area (Å²) < 4.78 is 43.0. The monoisotopic (exact) mass is 597 g/mol. The number of H-pyrrole nitrogens is 1. The third kappa shape index (κ3) is 6.75. The van der Waals surface area contributed by atoms with Crippen molar-refractivity contribution in [1.82, 2.24) is 35.0 Å². The molecule has 1 fully saturated rings. The highest BCUT2D eigenvalue weighted by atomic mass is 19.4. The van der Waals surface area contributed by atoms with Crippen LogP contribution in [-0.4, -0.2) is 75.9 Å². The molecule has 0 aliphatic carbocycles. The topological polar surface area (TPSA) is 180 Å². The zero-order valence-electron chi connectivity index (χ0n) is 22.2. The number of fused-ring (bicyclic) bond motifs is 1. The number of nitrogens with zero attached hydrogens (tertiary/aromatic N) is 6. The highest BCUT2D eigenvalue weighted by Gasteiger charge is 2.38. The van der Waals surface area contributed by atoms with E-state index in [0.29, 0.717) is 58.9 Å². The molecule has 1 saturated heterocycles. The maximum absolute atomic E-state index is 12.4. The second kappa shape index (κ2) is 11.8. The molecule has 5 heterocycles. The number of hydrogen-bond donors (Lipinski definition) is 3. The van der Waals surface area contributed by atoms with E-state index in [0.717, 1.165) is 11.1 Å². The summed E-state index contributed by atoms with van der Waals surface area (Å²) in [5, 5.41) is 20.9. The second-order valence-corrected chi connectivity index (χ2v) is 9.26. The van der Waals surface area contributed by atoms with E-state index in [-0.39, 0.29) is 12.5 Å². The summed E-state index contributed by atoms with van der Waals surface area (Å²) in [7, 11) is 0. The first kappa shape index (κ1) is 29.1. The van der Waals surface area contributed by atoms with Crippen molar-refractivity contribution in [1.29, 1.82) is 0 Å². The number of carboxylic acid groups (broad SMARTS) is 1. The van der Waals surface area contributed by atoms with E-state index < -0.39 is 18.2 Å². The van der Waals surface area contributed by atoms with Crippen LogP contribution < -0.4 is 4.74 Å². The summed E-state index contributed by atoms with van der Waals surface area (Å²) in [5.74, 6) is -0.549. The average Bonchev–Trinajstić information content (AvgIpc) is 3.69. The van der Waals surface area contributed by atoms with Crippen molar-refractivity contribution in [3.8, 4) is 34.5 Å². The number of halogens is 3. The van der Waals surface area contributed by atoms with E-state index in [1.54, 1.807) is 36.4 Å². The van der Waals surface area contributed by atoms with Crippen LogP contribution in [0.25, 0.3) is 34.1 Å². The summed E-state index contributed by atoms with van der Waals surface area (Å²) in [5.41, 5.74) is 3.50. The van der Waals surface area contributed by atoms with Gasteiger partial charge >= 0.3 is 12.1 Å². The van der Waals surface area contributed by atoms with Crippen LogP contribution in [0.1, 0.15) is 17.9 Å². The van der Waals surface area contributed by atoms with Crippen molar-refractivity contribution < 1.29 is 42.2 Å². The molecule has 1 unspecified atom stereocenters. The Hall–Kier alpha value is -5.38. The molecule has 3 N–H and O–H groups in total. The predicted molar refractivity (Wildman–Crippen MR) is 141 cm³/mol. The SMILES string of the molecule is Cc1nc(-c2ccc(Oc3cc4nc(-c5ccccn5)[nH]c4cc3CN3CCC(O)C3=O)cn2)no1.O=C(O)C(F)(F)F. The van der Waals surface area contributed by atoms with Gasteiger partial charge in [-0.25, -0.2) is 14.8 Å². The second-order valence-electron chi connectivity index (χ2n) is 9.26. The summed E-state index contributed by atoms with van der Waals surface area (Å²) in [6.45, 7) is 2.47. The minimum absolute atomic E-state index is 0.284. The highest BCUT2D eigenvalue weighted by molar-refractivity contribution is 5.84. The number of benzene rings is 1. The number of aliphatic hydroxyl groups is 1. The van der Waals surface area contributed by atoms with Crippen LogP contribution in [0.3, 0.4) is 0 Å². The van der Waals surface area contributed by atoms with Gasteiger partial charge in [0.15, 0.2) is 5.82 Å². The van der Waals surface area contributed by atoms with Gasteiger partial charge in [0, 0.05) is 37.8 Å². The molecule has 16 heteroatoms. The van der Waals surface area contributed by atoms with Crippen LogP contribution in [0.2, 0.25) is 0 Å². The maximum atomic E-state index is 12.4. The zero-order valence-corrected chi connectivity index (χ0v) is 22.2. The minimum atomic E-state index is -5.08. The van der Waals surface area contributed by atoms with Gasteiger partial charge < -0.3 is 29.4 Å². The van der Waals surface area contributed by atoms with E-state index in [1.807, 2.05) is 30.3 Å². The Labute approximate surface area is 240 Å². The number of hydrogen-bond acceptors (Lipinski definition) is 10. The lowest BCUT2D eigenvalue weighted by Gasteiger charge is -2.18. The smallest absolute Gasteiger partial charge is 0.475 e. The minimum Gasteiger partial charge on any atom is -0.475 e. The van der Waals surface area contributed by atoms with Crippen LogP contribution in [-0.2, 0) is 16.1 Å². The van der Waals surface area contributed by atoms with Gasteiger partial charge in [0.05, 0.1) is 17.2 Å². The summed E-state index contributed by atoms with van der Waals surface area (Å²) in [6.07, 6.45) is -2.36. The van der Waals surface area contributed by atoms with E-state index in [9.17, 15) is 23.1 Å². The molecule has 5 aromatic rings. The molecule has 0 saturated carbocycles. The lowest BCUT2D eigenvalue weighted by molar-refractivity contribution is -0.192. The van der Waals surface area contributed by atoms with Crippen LogP contribution in [0.15, 0.2) is 59.4 Å². The molecule has 1 aromatic carbocycles. The molecular weight excluding hydrogens is 575 g/mol. The van der Waals surface area contributed by atoms with Gasteiger partial charge in [-0.3, -0.25) is 9.78 Å². The van der Waals surface area contributed by atoms with Crippen LogP contribution in [0.5, 0.6) is 11.5 Å². The predicted octanol–water partition coefficient (Wildman–Crippen LogP) is 3.90. The number of aromatic amines is 1. The molecule has 6 rings (SSSR count). The number of aromatic nitrogens is 6. The van der Waals surface area contributed by atoms with Gasteiger partial charge in [0.2, 0.25) is 11.7 Å². The molecule has 0 spiro atoms. The van der Waals surface area contributed by atoms with E-state index in [2.05, 4.69) is 30.1 Å². The lowest BCUT2D eigenvalue weighted by atomic mass is 10.1. The number of imidazole rings is 1. The Bertz CT molecular complexity index is 1760. The molecule has 1 amide bonds. The van der Waals surface area contributed by atoms with Crippen LogP contribution >= 0.6 is 0 Å². The van der Waals surface area contributed by atoms with Crippen LogP contribution in [0, 0.1) is 6.92 Å². The number of rotatable bonds is 6. The summed E-state index contributed by atoms with van der Waals surface area (Å²) >= 11 is 0. The Morgan fingerprint density at radius 1 is 1.16 bits per heavy atom. The third-order valence-corrected chi connectivity index (χ3v) is 6.17. The fourth-order valence-corrected chi connectivity index (χ4v) is 4.11. The van der Waals surface area contributed by atoms with Gasteiger partial charge in [-0.05, 0) is 36.8 Å². The van der Waals surface area contributed by atoms with Gasteiger partial charge in [0.1, 0.15) is 29.0 Å². The molecular formula is C27H22F3N7O6. The fourth-order valence-electron chi connectivity index (χ4n) is 4.11. The molecule has 4 aromatic heterocycles. The molecule has 43 heavy (non-hydrogen) atoms. The number of carbonyl (C=O) groups is 2. The first-order valence-electron chi connectivity index (χ1n) is 12.6. The van der Waals surface area contributed by atoms with Crippen molar-refractivity contribution in [2.75, 3.05) is 6.54 Å². The quantitative estimate of drug-likeness (QED) is 0.258. The molecule has 222 valence electrons. The van der Waals surface area contributed by atoms with Gasteiger partial charge in [-0.2, -0.15) is 18.2 Å². The third-order valence-electron chi connectivity index (χ3n) is 6.17. The Morgan fingerprint density at radius 2 is 1.95 bits per heavy atom. The number of carboxylic acids is 1. The van der Waals surface area contributed by atoms with E-state index in [1.165, 1.54) is 0 Å². The van der Waals surface area contributed by atoms with Crippen molar-refractivity contribution >= 4 is 22.9 Å². The maximum Gasteiger partial charge on any atom is 0.490 e. The van der Waals surface area contributed by atoms with Crippen molar-refractivity contribution in [3.05, 3.63) is 66.3 Å². The number of aliphatic hydroxyl groups excluding tert-OH is 1. The first-order valence-corrected chi connectivity index (χ1v) is 12.6. The molecule has 1 aliphatic rings. The summed E-state index contributed by atoms with van der Waals surface area (Å²) in [6, 6.07) is 12.8. The van der Waals surface area contributed by atoms with Gasteiger partial charge in [0.25, 0.3) is 5.91 Å². The van der Waals surface area contributed by atoms with E-state index >= 15 is 0 Å². The van der Waals surface area contributed by atoms with Crippen molar-refractivity contribution in [3.63, 3.8) is 0 Å². The number of ether oxygens (including phenoxy) is 1. The lowest BCUT2D eigenvalue weighted by Crippen LogP contribution is -2.29. The Morgan fingerprint density at radius 3 is 2.53 bits per heavy atom. The molecule has 13 nitrogen and oxygen atoms in total. The normalized spacial score (nSPS) is 15.0. The van der Waals surface area contributed by atoms with Crippen molar-refractivity contribution in [2.24, 2.45) is 0 Å². The standard InChI is InChI=1S/C25H21N7O4.C2HF3O2/c1-14-28-24(31-36-14)18-6-5-16(12-27-18)35-22-11-20-19(29-23(30-20)17-4-2-3-8-26-17)10-15(22)13-32-9-7-21(33)25(32)34;3-2(4,5)1(6)7/h2-6,8,10-12,21,33H,7,9,13H2,1H3,(H,29,30);(H,6,7). The average molecular weight is 598 g/mol. The fraction of sp³-hybridized carbons (Fsp3) is 0.222. The number of amides is 1. The molecule has 0 radical (unpaired) electrons. The van der Waals surface area contributed by atoms with Gasteiger partial charge in [-0.1, -0.05) is 11.2 Å². The van der Waals surface area contributed by atoms with Crippen molar-refractivity contribution in [2.45, 2.75) is 32.2 Å². The number of carbonyl (C=O) groups excluding carboxylic acids is 1. The number of nitrogens with one attached hydrogen (secondary N) is 1. The van der Waals surface area contributed by atoms with E-state index in [4.69, 9.17) is 19.2 Å². The van der Waals surface area contributed by atoms with Crippen LogP contribution in [0.4, 0.5) is 13.2 Å². The zero-order chi connectivity index (χ0) is 30.7. The largest absolute Gasteiger partial charge is 0.490 e. The highest BCUT2D eigenvalue weighted by Crippen LogP contribution is 2.32. The number of alkyl halides is 3. The number of aryl methyl sites for hydroxylation is 1. The molecule has 0 bridgehead atoms. The first-order chi connectivity index (χ1) is 20.5. The van der Waals surface area contributed by atoms with Gasteiger partial charge in [-0.15, -0.1) is 0 Å². The molecule has 1 aliphatic heterocycles. The Balaban J connectivity index is 0.000000472. The summed E-state index contributed by atoms with van der Waals surface area (Å²) in [4.78, 5) is 43.8. The number of aliphatic carboxylic acids is 1. The number of likely N-dealkylation sites (tertiary alicyclic amines) is 1.